The molecule has 36 heavy (non-hydrogen) atoms. The van der Waals surface area contributed by atoms with E-state index in [4.69, 9.17) is 0 Å². The molecule has 0 spiro atoms. The van der Waals surface area contributed by atoms with Gasteiger partial charge < -0.3 is 19.7 Å². The van der Waals surface area contributed by atoms with Gasteiger partial charge in [0.05, 0.1) is 0 Å². The maximum Gasteiger partial charge on any atom is 0.387 e. The van der Waals surface area contributed by atoms with Gasteiger partial charge in [0.15, 0.2) is 0 Å². The number of likely N-dealkylation sites (N-methyl/N-ethyl adjacent to an activating group) is 1. The molecule has 0 radical (unpaired) electrons. The Balaban J connectivity index is 1.66. The molecule has 2 unspecified atom stereocenters. The first-order valence-corrected chi connectivity index (χ1v) is 11.9. The molecular weight excluding hydrogens is 470 g/mol. The van der Waals surface area contributed by atoms with Gasteiger partial charge in [0.2, 0.25) is 0 Å². The van der Waals surface area contributed by atoms with E-state index < -0.39 is 24.2 Å². The number of hydrogen-bond acceptors (Lipinski definition) is 5. The Morgan fingerprint density at radius 3 is 2.72 bits per heavy atom. The van der Waals surface area contributed by atoms with Gasteiger partial charge in [0, 0.05) is 36.1 Å². The van der Waals surface area contributed by atoms with Crippen molar-refractivity contribution < 1.29 is 28.2 Å². The number of alkyl halides is 2. The van der Waals surface area contributed by atoms with Crippen LogP contribution in [0.1, 0.15) is 36.7 Å². The van der Waals surface area contributed by atoms with Gasteiger partial charge in [-0.1, -0.05) is 19.1 Å². The standard InChI is InChI=1S/C26H28F2N4O4/c1-4-30(3)10-11-31-23(34)26(2)14-19-18-13-17(36-24(27)28)8-9-20(18)29-21(19)22(32(26)25(31)35)15-6-5-7-16(33)12-15/h5-9,12-13,22,24,29,33H,4,10-11,14H2,1-3H3. The molecule has 3 aromatic rings. The quantitative estimate of drug-likeness (QED) is 0.479. The van der Waals surface area contributed by atoms with Gasteiger partial charge in [-0.05, 0) is 62.0 Å². The van der Waals surface area contributed by atoms with E-state index in [-0.39, 0.29) is 30.4 Å². The lowest BCUT2D eigenvalue weighted by molar-refractivity contribution is -0.133. The van der Waals surface area contributed by atoms with Crippen molar-refractivity contribution in [3.63, 3.8) is 0 Å². The lowest BCUT2D eigenvalue weighted by Crippen LogP contribution is -2.53. The Bertz CT molecular complexity index is 1340. The number of urea groups is 1. The number of aromatic amines is 1. The van der Waals surface area contributed by atoms with Crippen LogP contribution in [0.2, 0.25) is 0 Å². The highest BCUT2D eigenvalue weighted by molar-refractivity contribution is 6.08. The van der Waals surface area contributed by atoms with E-state index in [1.54, 1.807) is 36.1 Å². The van der Waals surface area contributed by atoms with Crippen LogP contribution in [0.3, 0.4) is 0 Å². The van der Waals surface area contributed by atoms with Crippen LogP contribution in [-0.2, 0) is 11.2 Å². The van der Waals surface area contributed by atoms with Crippen LogP contribution < -0.4 is 4.74 Å². The smallest absolute Gasteiger partial charge is 0.387 e. The molecule has 8 nitrogen and oxygen atoms in total. The number of phenols is 1. The summed E-state index contributed by atoms with van der Waals surface area (Å²) in [7, 11) is 1.92. The number of halogens is 2. The second-order valence-electron chi connectivity index (χ2n) is 9.56. The number of fused-ring (bicyclic) bond motifs is 4. The van der Waals surface area contributed by atoms with Gasteiger partial charge >= 0.3 is 12.6 Å². The van der Waals surface area contributed by atoms with Crippen molar-refractivity contribution in [1.29, 1.82) is 0 Å². The summed E-state index contributed by atoms with van der Waals surface area (Å²) in [5, 5.41) is 10.9. The van der Waals surface area contributed by atoms with Crippen LogP contribution in [0, 0.1) is 0 Å². The monoisotopic (exact) mass is 498 g/mol. The minimum atomic E-state index is -2.96. The Morgan fingerprint density at radius 2 is 2.03 bits per heavy atom. The number of hydrogen-bond donors (Lipinski definition) is 2. The molecule has 2 aliphatic heterocycles. The lowest BCUT2D eigenvalue weighted by Gasteiger charge is -2.42. The highest BCUT2D eigenvalue weighted by Crippen LogP contribution is 2.49. The summed E-state index contributed by atoms with van der Waals surface area (Å²) in [4.78, 5) is 35.8. The summed E-state index contributed by atoms with van der Waals surface area (Å²) >= 11 is 0. The number of phenolic OH excluding ortho intramolecular Hbond substituents is 1. The van der Waals surface area contributed by atoms with Crippen LogP contribution in [0.15, 0.2) is 42.5 Å². The maximum atomic E-state index is 13.8. The van der Waals surface area contributed by atoms with E-state index in [1.807, 2.05) is 18.9 Å². The van der Waals surface area contributed by atoms with E-state index >= 15 is 0 Å². The summed E-state index contributed by atoms with van der Waals surface area (Å²) in [5.41, 5.74) is 1.55. The highest BCUT2D eigenvalue weighted by Gasteiger charge is 2.60. The Kier molecular flexibility index (Phi) is 5.86. The number of H-pyrrole nitrogens is 1. The molecule has 190 valence electrons. The Labute approximate surface area is 207 Å². The van der Waals surface area contributed by atoms with Crippen molar-refractivity contribution in [2.24, 2.45) is 0 Å². The zero-order valence-corrected chi connectivity index (χ0v) is 20.3. The van der Waals surface area contributed by atoms with Gasteiger partial charge in [0.25, 0.3) is 5.91 Å². The van der Waals surface area contributed by atoms with Crippen molar-refractivity contribution in [1.82, 2.24) is 19.7 Å². The molecule has 2 atom stereocenters. The molecule has 2 N–H and O–H groups in total. The highest BCUT2D eigenvalue weighted by atomic mass is 19.3. The van der Waals surface area contributed by atoms with Crippen LogP contribution in [0.4, 0.5) is 13.6 Å². The number of carbonyl (C=O) groups excluding carboxylic acids is 2. The van der Waals surface area contributed by atoms with Crippen LogP contribution in [0.5, 0.6) is 11.5 Å². The molecule has 2 aliphatic rings. The number of rotatable bonds is 7. The maximum absolute atomic E-state index is 13.8. The Morgan fingerprint density at radius 1 is 1.25 bits per heavy atom. The normalized spacial score (nSPS) is 21.6. The first kappa shape index (κ1) is 24.1. The molecule has 3 heterocycles. The predicted octanol–water partition coefficient (Wildman–Crippen LogP) is 4.10. The van der Waals surface area contributed by atoms with Crippen molar-refractivity contribution >= 4 is 22.8 Å². The number of imide groups is 1. The number of ether oxygens (including phenoxy) is 1. The first-order chi connectivity index (χ1) is 17.1. The zero-order chi connectivity index (χ0) is 25.8. The van der Waals surface area contributed by atoms with Crippen molar-refractivity contribution in [2.45, 2.75) is 38.5 Å². The van der Waals surface area contributed by atoms with Crippen LogP contribution >= 0.6 is 0 Å². The SMILES string of the molecule is CCN(C)CCN1C(=O)N2C(c3cccc(O)c3)c3[nH]c4ccc(OC(F)F)cc4c3CC2(C)C1=O. The Hall–Kier alpha value is -3.66. The number of benzene rings is 2. The first-order valence-electron chi connectivity index (χ1n) is 11.9. The molecular formula is C26H28F2N4O4. The van der Waals surface area contributed by atoms with E-state index in [1.165, 1.54) is 23.1 Å². The zero-order valence-electron chi connectivity index (χ0n) is 20.3. The molecule has 5 rings (SSSR count). The number of aromatic nitrogens is 1. The second-order valence-corrected chi connectivity index (χ2v) is 9.56. The average Bonchev–Trinajstić information content (AvgIpc) is 3.27. The lowest BCUT2D eigenvalue weighted by atomic mass is 9.81. The number of aromatic hydroxyl groups is 1. The van der Waals surface area contributed by atoms with Crippen molar-refractivity contribution in [3.05, 3.63) is 59.3 Å². The molecule has 1 saturated heterocycles. The predicted molar refractivity (Wildman–Crippen MR) is 129 cm³/mol. The summed E-state index contributed by atoms with van der Waals surface area (Å²) < 4.78 is 30.4. The molecule has 10 heteroatoms. The second kappa shape index (κ2) is 8.77. The fourth-order valence-corrected chi connectivity index (χ4v) is 5.34. The van der Waals surface area contributed by atoms with E-state index in [0.717, 1.165) is 12.1 Å². The summed E-state index contributed by atoms with van der Waals surface area (Å²) in [6.07, 6.45) is 0.209. The van der Waals surface area contributed by atoms with Crippen molar-refractivity contribution in [3.8, 4) is 11.5 Å². The third kappa shape index (κ3) is 3.76. The number of nitrogens with zero attached hydrogens (tertiary/aromatic N) is 3. The number of carbonyl (C=O) groups is 2. The molecule has 0 saturated carbocycles. The molecule has 3 amide bonds. The largest absolute Gasteiger partial charge is 0.508 e. The van der Waals surface area contributed by atoms with Gasteiger partial charge in [0.1, 0.15) is 23.1 Å². The fraction of sp³-hybridized carbons (Fsp3) is 0.385. The third-order valence-corrected chi connectivity index (χ3v) is 7.29. The molecule has 1 fully saturated rings. The van der Waals surface area contributed by atoms with E-state index in [0.29, 0.717) is 28.7 Å². The van der Waals surface area contributed by atoms with E-state index in [2.05, 4.69) is 9.72 Å². The molecule has 0 aliphatic carbocycles. The summed E-state index contributed by atoms with van der Waals surface area (Å²) in [5.74, 6) is -0.259. The number of amides is 3. The van der Waals surface area contributed by atoms with Gasteiger partial charge in [-0.15, -0.1) is 0 Å². The topological polar surface area (TPSA) is 89.1 Å². The summed E-state index contributed by atoms with van der Waals surface area (Å²) in [6.45, 7) is 2.35. The van der Waals surface area contributed by atoms with Crippen molar-refractivity contribution in [2.75, 3.05) is 26.7 Å². The van der Waals surface area contributed by atoms with Crippen LogP contribution in [-0.4, -0.2) is 75.6 Å². The van der Waals surface area contributed by atoms with E-state index in [9.17, 15) is 23.5 Å². The molecule has 0 bridgehead atoms. The minimum Gasteiger partial charge on any atom is -0.508 e. The summed E-state index contributed by atoms with van der Waals surface area (Å²) in [6, 6.07) is 10.1. The minimum absolute atomic E-state index is 0.0128. The fourth-order valence-electron chi connectivity index (χ4n) is 5.34. The average molecular weight is 499 g/mol. The molecule has 2 aromatic carbocycles. The van der Waals surface area contributed by atoms with Gasteiger partial charge in [-0.2, -0.15) is 8.78 Å². The number of nitrogens with one attached hydrogen (secondary N) is 1. The van der Waals surface area contributed by atoms with Crippen LogP contribution in [0.25, 0.3) is 10.9 Å². The third-order valence-electron chi connectivity index (χ3n) is 7.29. The van der Waals surface area contributed by atoms with Gasteiger partial charge in [-0.25, -0.2) is 4.79 Å². The molecule has 1 aromatic heterocycles. The van der Waals surface area contributed by atoms with Gasteiger partial charge in [-0.3, -0.25) is 14.6 Å².